The Morgan fingerprint density at radius 2 is 2.32 bits per heavy atom. The van der Waals surface area contributed by atoms with Crippen LogP contribution in [0.1, 0.15) is 11.5 Å². The fourth-order valence-corrected chi connectivity index (χ4v) is 3.08. The molecule has 0 saturated carbocycles. The number of rotatable bonds is 4. The van der Waals surface area contributed by atoms with Gasteiger partial charge >= 0.3 is 0 Å². The first-order chi connectivity index (χ1) is 9.24. The molecule has 3 rings (SSSR count). The summed E-state index contributed by atoms with van der Waals surface area (Å²) in [4.78, 5) is 1.10. The van der Waals surface area contributed by atoms with Crippen molar-refractivity contribution < 1.29 is 4.52 Å². The third-order valence-corrected chi connectivity index (χ3v) is 4.66. The number of aromatic nitrogens is 4. The van der Waals surface area contributed by atoms with Crippen LogP contribution in [0.25, 0.3) is 10.6 Å². The van der Waals surface area contributed by atoms with E-state index in [0.717, 1.165) is 33.1 Å². The summed E-state index contributed by atoms with van der Waals surface area (Å²) in [5, 5.41) is 15.1. The minimum absolute atomic E-state index is 0.723. The number of hydrogen-bond donors (Lipinski definition) is 0. The Morgan fingerprint density at radius 1 is 1.42 bits per heavy atom. The van der Waals surface area contributed by atoms with Crippen LogP contribution < -0.4 is 0 Å². The van der Waals surface area contributed by atoms with E-state index < -0.39 is 0 Å². The number of thiophene rings is 1. The predicted octanol–water partition coefficient (Wildman–Crippen LogP) is 3.13. The van der Waals surface area contributed by atoms with E-state index in [9.17, 15) is 0 Å². The quantitative estimate of drug-likeness (QED) is 0.691. The van der Waals surface area contributed by atoms with E-state index in [0.29, 0.717) is 0 Å². The van der Waals surface area contributed by atoms with Crippen molar-refractivity contribution in [3.05, 3.63) is 35.1 Å². The van der Waals surface area contributed by atoms with E-state index in [1.165, 1.54) is 0 Å². The first-order valence-corrected chi connectivity index (χ1v) is 7.59. The predicted molar refractivity (Wildman–Crippen MR) is 75.1 cm³/mol. The lowest BCUT2D eigenvalue weighted by Gasteiger charge is -1.98. The molecule has 3 aromatic rings. The van der Waals surface area contributed by atoms with Gasteiger partial charge in [0.05, 0.1) is 10.6 Å². The Kier molecular flexibility index (Phi) is 3.39. The smallest absolute Gasteiger partial charge is 0.191 e. The molecule has 3 aromatic heterocycles. The van der Waals surface area contributed by atoms with Crippen molar-refractivity contribution in [1.82, 2.24) is 19.9 Å². The Balaban J connectivity index is 1.69. The monoisotopic (exact) mass is 292 g/mol. The fourth-order valence-electron chi connectivity index (χ4n) is 1.57. The van der Waals surface area contributed by atoms with Crippen LogP contribution in [-0.4, -0.2) is 19.9 Å². The number of thioether (sulfide) groups is 1. The van der Waals surface area contributed by atoms with Crippen molar-refractivity contribution >= 4 is 23.1 Å². The summed E-state index contributed by atoms with van der Waals surface area (Å²) in [7, 11) is 1.96. The first kappa shape index (κ1) is 12.4. The summed E-state index contributed by atoms with van der Waals surface area (Å²) in [5.74, 6) is 2.45. The first-order valence-electron chi connectivity index (χ1n) is 5.72. The van der Waals surface area contributed by atoms with Crippen molar-refractivity contribution in [2.45, 2.75) is 17.8 Å². The van der Waals surface area contributed by atoms with Gasteiger partial charge in [-0.25, -0.2) is 0 Å². The van der Waals surface area contributed by atoms with E-state index in [1.807, 2.05) is 42.1 Å². The molecule has 5 nitrogen and oxygen atoms in total. The molecule has 0 aliphatic rings. The van der Waals surface area contributed by atoms with Gasteiger partial charge in [0.1, 0.15) is 5.82 Å². The van der Waals surface area contributed by atoms with E-state index >= 15 is 0 Å². The maximum Gasteiger partial charge on any atom is 0.191 e. The zero-order chi connectivity index (χ0) is 13.2. The minimum atomic E-state index is 0.723. The number of hydrogen-bond acceptors (Lipinski definition) is 6. The lowest BCUT2D eigenvalue weighted by molar-refractivity contribution is 0.427. The highest BCUT2D eigenvalue weighted by Gasteiger charge is 2.10. The van der Waals surface area contributed by atoms with Crippen molar-refractivity contribution in [1.29, 1.82) is 0 Å². The zero-order valence-corrected chi connectivity index (χ0v) is 12.2. The number of nitrogens with zero attached hydrogens (tertiary/aromatic N) is 4. The van der Waals surface area contributed by atoms with Gasteiger partial charge in [-0.2, -0.15) is 0 Å². The summed E-state index contributed by atoms with van der Waals surface area (Å²) in [6.45, 7) is 1.93. The van der Waals surface area contributed by atoms with Crippen LogP contribution in [0.4, 0.5) is 0 Å². The van der Waals surface area contributed by atoms with E-state index in [1.54, 1.807) is 23.1 Å². The van der Waals surface area contributed by atoms with Gasteiger partial charge in [0.15, 0.2) is 10.9 Å². The molecule has 7 heteroatoms. The minimum Gasteiger partial charge on any atom is -0.355 e. The molecule has 0 spiro atoms. The zero-order valence-electron chi connectivity index (χ0n) is 10.5. The second-order valence-corrected chi connectivity index (χ2v) is 5.93. The molecule has 0 bridgehead atoms. The van der Waals surface area contributed by atoms with E-state index in [2.05, 4.69) is 15.4 Å². The van der Waals surface area contributed by atoms with Gasteiger partial charge in [0, 0.05) is 18.9 Å². The third kappa shape index (κ3) is 2.57. The molecule has 3 heterocycles. The maximum atomic E-state index is 5.34. The highest BCUT2D eigenvalue weighted by atomic mass is 32.2. The van der Waals surface area contributed by atoms with Crippen molar-refractivity contribution in [2.24, 2.45) is 7.05 Å². The Hall–Kier alpha value is -1.60. The topological polar surface area (TPSA) is 56.7 Å². The van der Waals surface area contributed by atoms with Gasteiger partial charge in [0.25, 0.3) is 0 Å². The molecule has 0 N–H and O–H groups in total. The van der Waals surface area contributed by atoms with Gasteiger partial charge < -0.3 is 9.09 Å². The van der Waals surface area contributed by atoms with Crippen LogP contribution >= 0.6 is 23.1 Å². The maximum absolute atomic E-state index is 5.34. The highest BCUT2D eigenvalue weighted by Crippen LogP contribution is 2.27. The summed E-state index contributed by atoms with van der Waals surface area (Å²) in [6, 6.07) is 6.00. The fraction of sp³-hybridized carbons (Fsp3) is 0.250. The van der Waals surface area contributed by atoms with Gasteiger partial charge in [-0.1, -0.05) is 23.0 Å². The third-order valence-electron chi connectivity index (χ3n) is 2.72. The second kappa shape index (κ2) is 5.18. The molecule has 0 saturated heterocycles. The van der Waals surface area contributed by atoms with Crippen molar-refractivity contribution in [3.63, 3.8) is 0 Å². The van der Waals surface area contributed by atoms with Crippen LogP contribution in [0.2, 0.25) is 0 Å². The van der Waals surface area contributed by atoms with Crippen molar-refractivity contribution in [2.75, 3.05) is 0 Å². The molecule has 98 valence electrons. The Bertz CT molecular complexity index is 672. The molecule has 0 aliphatic carbocycles. The molecule has 0 amide bonds. The van der Waals surface area contributed by atoms with Gasteiger partial charge in [-0.3, -0.25) is 0 Å². The lowest BCUT2D eigenvalue weighted by Crippen LogP contribution is -1.93. The van der Waals surface area contributed by atoms with Gasteiger partial charge in [0.2, 0.25) is 0 Å². The molecule has 0 radical (unpaired) electrons. The highest BCUT2D eigenvalue weighted by molar-refractivity contribution is 7.98. The number of aryl methyl sites for hydroxylation is 1. The molecule has 19 heavy (non-hydrogen) atoms. The van der Waals surface area contributed by atoms with Crippen LogP contribution in [0.5, 0.6) is 0 Å². The normalized spacial score (nSPS) is 11.1. The molecule has 0 aromatic carbocycles. The summed E-state index contributed by atoms with van der Waals surface area (Å²) >= 11 is 3.24. The van der Waals surface area contributed by atoms with Gasteiger partial charge in [-0.05, 0) is 18.4 Å². The van der Waals surface area contributed by atoms with Gasteiger partial charge in [-0.15, -0.1) is 21.5 Å². The standard InChI is InChI=1S/C12H12N4OS2/c1-8-13-14-12(16(8)2)19-7-9-6-10(17-15-9)11-4-3-5-18-11/h3-6H,7H2,1-2H3. The average molecular weight is 292 g/mol. The Labute approximate surface area is 118 Å². The van der Waals surface area contributed by atoms with E-state index in [4.69, 9.17) is 4.52 Å². The molecule has 0 atom stereocenters. The molecular formula is C12H12N4OS2. The summed E-state index contributed by atoms with van der Waals surface area (Å²) in [5.41, 5.74) is 0.911. The SMILES string of the molecule is Cc1nnc(SCc2cc(-c3cccs3)on2)n1C. The lowest BCUT2D eigenvalue weighted by atomic mass is 10.3. The summed E-state index contributed by atoms with van der Waals surface area (Å²) < 4.78 is 7.30. The van der Waals surface area contributed by atoms with Crippen LogP contribution in [0.3, 0.4) is 0 Å². The average Bonchev–Trinajstić information content (AvgIpc) is 3.11. The summed E-state index contributed by atoms with van der Waals surface area (Å²) in [6.07, 6.45) is 0. The van der Waals surface area contributed by atoms with E-state index in [-0.39, 0.29) is 0 Å². The van der Waals surface area contributed by atoms with Crippen LogP contribution in [0.15, 0.2) is 33.3 Å². The Morgan fingerprint density at radius 3 is 3.00 bits per heavy atom. The molecule has 0 fully saturated rings. The second-order valence-electron chi connectivity index (χ2n) is 4.04. The molecule has 0 unspecified atom stereocenters. The van der Waals surface area contributed by atoms with Crippen molar-refractivity contribution in [3.8, 4) is 10.6 Å². The molecular weight excluding hydrogens is 280 g/mol. The molecule has 0 aliphatic heterocycles. The van der Waals surface area contributed by atoms with Crippen LogP contribution in [0, 0.1) is 6.92 Å². The largest absolute Gasteiger partial charge is 0.355 e. The van der Waals surface area contributed by atoms with Crippen LogP contribution in [-0.2, 0) is 12.8 Å².